The van der Waals surface area contributed by atoms with Crippen molar-refractivity contribution in [3.63, 3.8) is 0 Å². The summed E-state index contributed by atoms with van der Waals surface area (Å²) in [4.78, 5) is 15.9. The first-order valence-electron chi connectivity index (χ1n) is 5.64. The predicted octanol–water partition coefficient (Wildman–Crippen LogP) is 3.34. The van der Waals surface area contributed by atoms with Crippen molar-refractivity contribution in [3.8, 4) is 0 Å². The van der Waals surface area contributed by atoms with Crippen molar-refractivity contribution >= 4 is 21.8 Å². The van der Waals surface area contributed by atoms with E-state index < -0.39 is 0 Å². The normalized spacial score (nSPS) is 11.9. The summed E-state index contributed by atoms with van der Waals surface area (Å²) in [5, 5.41) is 2.92. The first-order valence-corrected chi connectivity index (χ1v) is 6.43. The van der Waals surface area contributed by atoms with Crippen LogP contribution in [0.1, 0.15) is 29.0 Å². The van der Waals surface area contributed by atoms with Gasteiger partial charge in [0.05, 0.1) is 6.04 Å². The third kappa shape index (κ3) is 3.17. The van der Waals surface area contributed by atoms with Crippen LogP contribution in [0.2, 0.25) is 0 Å². The molecular weight excluding hydrogens is 292 g/mol. The third-order valence-electron chi connectivity index (χ3n) is 2.62. The molecule has 0 spiro atoms. The first-order chi connectivity index (χ1) is 8.66. The second kappa shape index (κ2) is 5.78. The summed E-state index contributed by atoms with van der Waals surface area (Å²) < 4.78 is 1.02. The molecule has 0 aliphatic carbocycles. The summed E-state index contributed by atoms with van der Waals surface area (Å²) in [5.41, 5.74) is 1.49. The van der Waals surface area contributed by atoms with Crippen LogP contribution in [0.15, 0.2) is 53.1 Å². The second-order valence-electron chi connectivity index (χ2n) is 3.96. The highest BCUT2D eigenvalue weighted by molar-refractivity contribution is 9.10. The Kier molecular flexibility index (Phi) is 4.10. The maximum atomic E-state index is 11.9. The van der Waals surface area contributed by atoms with Crippen LogP contribution in [0, 0.1) is 0 Å². The molecule has 1 amide bonds. The Hall–Kier alpha value is -1.68. The van der Waals surface area contributed by atoms with E-state index in [4.69, 9.17) is 0 Å². The lowest BCUT2D eigenvalue weighted by Gasteiger charge is -2.14. The highest BCUT2D eigenvalue weighted by atomic mass is 79.9. The molecule has 0 aliphatic rings. The van der Waals surface area contributed by atoms with Gasteiger partial charge in [0.15, 0.2) is 0 Å². The van der Waals surface area contributed by atoms with Crippen molar-refractivity contribution in [3.05, 3.63) is 64.4 Å². The lowest BCUT2D eigenvalue weighted by Crippen LogP contribution is -2.27. The minimum atomic E-state index is -0.161. The summed E-state index contributed by atoms with van der Waals surface area (Å²) >= 11 is 3.38. The van der Waals surface area contributed by atoms with E-state index in [-0.39, 0.29) is 11.9 Å². The molecular formula is C14H13BrN2O. The smallest absolute Gasteiger partial charge is 0.270 e. The zero-order valence-electron chi connectivity index (χ0n) is 9.93. The van der Waals surface area contributed by atoms with Crippen molar-refractivity contribution in [2.75, 3.05) is 0 Å². The Morgan fingerprint density at radius 3 is 2.56 bits per heavy atom. The van der Waals surface area contributed by atoms with Crippen molar-refractivity contribution in [2.45, 2.75) is 13.0 Å². The van der Waals surface area contributed by atoms with Crippen LogP contribution in [0.25, 0.3) is 0 Å². The maximum Gasteiger partial charge on any atom is 0.270 e. The SMILES string of the molecule is CC(NC(=O)c1ccccn1)c1ccc(Br)cc1. The first kappa shape index (κ1) is 12.8. The molecule has 1 N–H and O–H groups in total. The van der Waals surface area contributed by atoms with Gasteiger partial charge in [-0.1, -0.05) is 34.1 Å². The molecule has 2 rings (SSSR count). The maximum absolute atomic E-state index is 11.9. The molecule has 18 heavy (non-hydrogen) atoms. The largest absolute Gasteiger partial charge is 0.344 e. The fourth-order valence-corrected chi connectivity index (χ4v) is 1.87. The third-order valence-corrected chi connectivity index (χ3v) is 3.14. The minimum Gasteiger partial charge on any atom is -0.344 e. The zero-order chi connectivity index (χ0) is 13.0. The molecule has 0 saturated heterocycles. The molecule has 1 aromatic carbocycles. The Bertz CT molecular complexity index is 525. The van der Waals surface area contributed by atoms with Gasteiger partial charge in [-0.3, -0.25) is 9.78 Å². The van der Waals surface area contributed by atoms with E-state index in [9.17, 15) is 4.79 Å². The van der Waals surface area contributed by atoms with Gasteiger partial charge < -0.3 is 5.32 Å². The van der Waals surface area contributed by atoms with Gasteiger partial charge in [-0.25, -0.2) is 0 Å². The number of amides is 1. The van der Waals surface area contributed by atoms with E-state index in [1.165, 1.54) is 0 Å². The van der Waals surface area contributed by atoms with Gasteiger partial charge in [0, 0.05) is 10.7 Å². The van der Waals surface area contributed by atoms with E-state index in [2.05, 4.69) is 26.2 Å². The quantitative estimate of drug-likeness (QED) is 0.945. The highest BCUT2D eigenvalue weighted by Crippen LogP contribution is 2.16. The zero-order valence-corrected chi connectivity index (χ0v) is 11.5. The average Bonchev–Trinajstić information content (AvgIpc) is 2.40. The summed E-state index contributed by atoms with van der Waals surface area (Å²) in [5.74, 6) is -0.161. The van der Waals surface area contributed by atoms with E-state index in [1.807, 2.05) is 31.2 Å². The van der Waals surface area contributed by atoms with E-state index in [1.54, 1.807) is 24.4 Å². The van der Waals surface area contributed by atoms with Crippen LogP contribution in [-0.2, 0) is 0 Å². The Morgan fingerprint density at radius 2 is 1.94 bits per heavy atom. The molecule has 1 unspecified atom stereocenters. The molecule has 0 bridgehead atoms. The number of hydrogen-bond acceptors (Lipinski definition) is 2. The highest BCUT2D eigenvalue weighted by Gasteiger charge is 2.11. The molecule has 2 aromatic rings. The molecule has 0 radical (unpaired) electrons. The van der Waals surface area contributed by atoms with Gasteiger partial charge in [-0.2, -0.15) is 0 Å². The van der Waals surface area contributed by atoms with Gasteiger partial charge in [-0.15, -0.1) is 0 Å². The monoisotopic (exact) mass is 304 g/mol. The van der Waals surface area contributed by atoms with E-state index >= 15 is 0 Å². The number of halogens is 1. The van der Waals surface area contributed by atoms with Crippen LogP contribution in [-0.4, -0.2) is 10.9 Å². The van der Waals surface area contributed by atoms with Gasteiger partial charge in [0.2, 0.25) is 0 Å². The van der Waals surface area contributed by atoms with Crippen molar-refractivity contribution in [2.24, 2.45) is 0 Å². The standard InChI is InChI=1S/C14H13BrN2O/c1-10(11-5-7-12(15)8-6-11)17-14(18)13-4-2-3-9-16-13/h2-10H,1H3,(H,17,18). The fraction of sp³-hybridized carbons (Fsp3) is 0.143. The molecule has 3 nitrogen and oxygen atoms in total. The Morgan fingerprint density at radius 1 is 1.22 bits per heavy atom. The number of hydrogen-bond donors (Lipinski definition) is 1. The fourth-order valence-electron chi connectivity index (χ4n) is 1.60. The van der Waals surface area contributed by atoms with Crippen LogP contribution in [0.3, 0.4) is 0 Å². The predicted molar refractivity (Wildman–Crippen MR) is 74.3 cm³/mol. The molecule has 1 aromatic heterocycles. The summed E-state index contributed by atoms with van der Waals surface area (Å²) in [6.45, 7) is 1.95. The lowest BCUT2D eigenvalue weighted by molar-refractivity contribution is 0.0935. The number of rotatable bonds is 3. The molecule has 0 aliphatic heterocycles. The number of carbonyl (C=O) groups excluding carboxylic acids is 1. The van der Waals surface area contributed by atoms with Crippen LogP contribution in [0.4, 0.5) is 0 Å². The summed E-state index contributed by atoms with van der Waals surface area (Å²) in [7, 11) is 0. The van der Waals surface area contributed by atoms with Crippen LogP contribution in [0.5, 0.6) is 0 Å². The number of aromatic nitrogens is 1. The Labute approximate surface area is 114 Å². The molecule has 4 heteroatoms. The van der Waals surface area contributed by atoms with Crippen molar-refractivity contribution in [1.29, 1.82) is 0 Å². The Balaban J connectivity index is 2.06. The van der Waals surface area contributed by atoms with Gasteiger partial charge >= 0.3 is 0 Å². The minimum absolute atomic E-state index is 0.0485. The average molecular weight is 305 g/mol. The van der Waals surface area contributed by atoms with E-state index in [0.717, 1.165) is 10.0 Å². The van der Waals surface area contributed by atoms with Crippen LogP contribution >= 0.6 is 15.9 Å². The summed E-state index contributed by atoms with van der Waals surface area (Å²) in [6, 6.07) is 13.1. The van der Waals surface area contributed by atoms with Gasteiger partial charge in [0.1, 0.15) is 5.69 Å². The van der Waals surface area contributed by atoms with Gasteiger partial charge in [0.25, 0.3) is 5.91 Å². The number of nitrogens with one attached hydrogen (secondary N) is 1. The molecule has 0 saturated carbocycles. The van der Waals surface area contributed by atoms with Crippen molar-refractivity contribution < 1.29 is 4.79 Å². The number of carbonyl (C=O) groups is 1. The molecule has 1 atom stereocenters. The number of nitrogens with zero attached hydrogens (tertiary/aromatic N) is 1. The second-order valence-corrected chi connectivity index (χ2v) is 4.88. The van der Waals surface area contributed by atoms with E-state index in [0.29, 0.717) is 5.69 Å². The van der Waals surface area contributed by atoms with Gasteiger partial charge in [-0.05, 0) is 36.8 Å². The van der Waals surface area contributed by atoms with Crippen molar-refractivity contribution in [1.82, 2.24) is 10.3 Å². The molecule has 92 valence electrons. The molecule has 1 heterocycles. The number of pyridine rings is 1. The topological polar surface area (TPSA) is 42.0 Å². The van der Waals surface area contributed by atoms with Crippen LogP contribution < -0.4 is 5.32 Å². The summed E-state index contributed by atoms with van der Waals surface area (Å²) in [6.07, 6.45) is 1.61. The molecule has 0 fully saturated rings. The lowest BCUT2D eigenvalue weighted by atomic mass is 10.1. The number of benzene rings is 1.